The smallest absolute Gasteiger partial charge is 0.223 e. The molecule has 2 aliphatic rings. The predicted molar refractivity (Wildman–Crippen MR) is 118 cm³/mol. The molecule has 0 amide bonds. The van der Waals surface area contributed by atoms with Crippen molar-refractivity contribution in [2.45, 2.75) is 63.8 Å². The van der Waals surface area contributed by atoms with Crippen molar-refractivity contribution < 1.29 is 23.7 Å². The van der Waals surface area contributed by atoms with Crippen molar-refractivity contribution in [1.29, 1.82) is 0 Å². The summed E-state index contributed by atoms with van der Waals surface area (Å²) in [6.07, 6.45) is 2.19. The van der Waals surface area contributed by atoms with Crippen LogP contribution in [0.15, 0.2) is 12.3 Å². The summed E-state index contributed by atoms with van der Waals surface area (Å²) in [7, 11) is 0. The predicted octanol–water partition coefficient (Wildman–Crippen LogP) is 3.07. The second-order valence-corrected chi connectivity index (χ2v) is 9.41. The first-order chi connectivity index (χ1) is 15.6. The number of imidazole rings is 1. The van der Waals surface area contributed by atoms with Crippen LogP contribution in [-0.2, 0) is 16.8 Å². The molecule has 0 radical (unpaired) electrons. The van der Waals surface area contributed by atoms with E-state index < -0.39 is 23.3 Å². The number of aliphatic hydroxyl groups excluding tert-OH is 1. The molecule has 4 heterocycles. The van der Waals surface area contributed by atoms with Crippen molar-refractivity contribution in [3.05, 3.63) is 35.3 Å². The van der Waals surface area contributed by atoms with E-state index in [0.717, 1.165) is 18.2 Å². The van der Waals surface area contributed by atoms with Crippen LogP contribution in [0, 0.1) is 11.6 Å². The van der Waals surface area contributed by atoms with Gasteiger partial charge in [-0.2, -0.15) is 0 Å². The highest BCUT2D eigenvalue weighted by Gasteiger charge is 2.34. The second kappa shape index (κ2) is 7.96. The maximum atomic E-state index is 15.3. The summed E-state index contributed by atoms with van der Waals surface area (Å²) in [6, 6.07) is 0.935. The van der Waals surface area contributed by atoms with E-state index in [-0.39, 0.29) is 35.8 Å². The van der Waals surface area contributed by atoms with Crippen molar-refractivity contribution in [3.8, 4) is 11.3 Å². The van der Waals surface area contributed by atoms with Gasteiger partial charge in [-0.05, 0) is 51.7 Å². The van der Waals surface area contributed by atoms with Crippen LogP contribution in [0.2, 0.25) is 0 Å². The van der Waals surface area contributed by atoms with E-state index >= 15 is 4.39 Å². The highest BCUT2D eigenvalue weighted by atomic mass is 19.1. The van der Waals surface area contributed by atoms with Crippen LogP contribution in [-0.4, -0.2) is 55.1 Å². The number of benzene rings is 1. The van der Waals surface area contributed by atoms with E-state index in [4.69, 9.17) is 4.74 Å². The topological polar surface area (TPSA) is 105 Å². The lowest BCUT2D eigenvalue weighted by Crippen LogP contribution is -2.42. The minimum atomic E-state index is -1.27. The summed E-state index contributed by atoms with van der Waals surface area (Å²) in [5.74, 6) is -0.745. The van der Waals surface area contributed by atoms with Crippen LogP contribution in [0.4, 0.5) is 14.7 Å². The Labute approximate surface area is 189 Å². The summed E-state index contributed by atoms with van der Waals surface area (Å²) < 4.78 is 37.3. The zero-order valence-electron chi connectivity index (χ0n) is 18.8. The Bertz CT molecular complexity index is 1220. The number of hydrogen-bond acceptors (Lipinski definition) is 7. The molecular weight excluding hydrogens is 432 g/mol. The molecule has 176 valence electrons. The fourth-order valence-corrected chi connectivity index (χ4v) is 4.79. The van der Waals surface area contributed by atoms with Gasteiger partial charge in [-0.15, -0.1) is 0 Å². The van der Waals surface area contributed by atoms with Crippen molar-refractivity contribution >= 4 is 17.0 Å². The van der Waals surface area contributed by atoms with Gasteiger partial charge in [-0.1, -0.05) is 0 Å². The van der Waals surface area contributed by atoms with Gasteiger partial charge >= 0.3 is 0 Å². The first-order valence-corrected chi connectivity index (χ1v) is 11.2. The Morgan fingerprint density at radius 1 is 1.21 bits per heavy atom. The molecular formula is C23H27F2N5O3. The number of aryl methyl sites for hydroxylation is 1. The number of ether oxygens (including phenoxy) is 1. The van der Waals surface area contributed by atoms with Gasteiger partial charge in [0.25, 0.3) is 0 Å². The molecule has 1 fully saturated rings. The molecule has 3 aromatic rings. The highest BCUT2D eigenvalue weighted by molar-refractivity contribution is 5.88. The average Bonchev–Trinajstić information content (AvgIpc) is 3.18. The number of nitrogens with zero attached hydrogens (tertiary/aromatic N) is 4. The maximum absolute atomic E-state index is 15.3. The minimum absolute atomic E-state index is 0.000979. The normalized spacial score (nSPS) is 23.2. The first-order valence-electron chi connectivity index (χ1n) is 11.2. The van der Waals surface area contributed by atoms with Crippen LogP contribution in [0.3, 0.4) is 0 Å². The Hall–Kier alpha value is -2.69. The molecule has 0 aliphatic carbocycles. The molecule has 3 atom stereocenters. The van der Waals surface area contributed by atoms with E-state index in [1.54, 1.807) is 13.8 Å². The molecule has 8 nitrogen and oxygen atoms in total. The third-order valence-corrected chi connectivity index (χ3v) is 6.46. The van der Waals surface area contributed by atoms with Gasteiger partial charge in [0.1, 0.15) is 22.6 Å². The van der Waals surface area contributed by atoms with Gasteiger partial charge in [-0.25, -0.2) is 23.7 Å². The molecule has 0 spiro atoms. The summed E-state index contributed by atoms with van der Waals surface area (Å²) in [5.41, 5.74) is 0.518. The number of aromatic nitrogens is 4. The summed E-state index contributed by atoms with van der Waals surface area (Å²) in [4.78, 5) is 12.8. The lowest BCUT2D eigenvalue weighted by Gasteiger charge is -2.29. The van der Waals surface area contributed by atoms with Crippen molar-refractivity contribution in [2.75, 3.05) is 18.5 Å². The number of aliphatic hydroxyl groups is 2. The highest BCUT2D eigenvalue weighted by Crippen LogP contribution is 2.41. The fraction of sp³-hybridized carbons (Fsp3) is 0.522. The lowest BCUT2D eigenvalue weighted by atomic mass is 9.93. The van der Waals surface area contributed by atoms with E-state index in [1.807, 2.05) is 11.5 Å². The molecule has 1 saturated heterocycles. The summed E-state index contributed by atoms with van der Waals surface area (Å²) in [5, 5.41) is 23.8. The quantitative estimate of drug-likeness (QED) is 0.551. The molecule has 0 saturated carbocycles. The Kier molecular flexibility index (Phi) is 5.34. The van der Waals surface area contributed by atoms with E-state index in [1.165, 1.54) is 6.07 Å². The molecule has 3 N–H and O–H groups in total. The average molecular weight is 459 g/mol. The van der Waals surface area contributed by atoms with E-state index in [2.05, 4.69) is 20.3 Å². The number of halogens is 2. The zero-order valence-corrected chi connectivity index (χ0v) is 18.8. The van der Waals surface area contributed by atoms with Gasteiger partial charge in [0, 0.05) is 18.2 Å². The molecule has 2 aliphatic heterocycles. The standard InChI is InChI=1S/C23H27F2N5O3/c1-11-4-5-12-13(8-14(24)19-20(12)30(11)21(28-19)23(2,3)32)18-15(25)9-26-22(29-18)27-16-6-7-33-10-17(16)31/h8-9,11,16-17,31-32H,4-7,10H2,1-3H3,(H,26,27,29)/t11-,16+,17+/m0/s1. The van der Waals surface area contributed by atoms with Crippen molar-refractivity contribution in [3.63, 3.8) is 0 Å². The number of rotatable bonds is 4. The fourth-order valence-electron chi connectivity index (χ4n) is 4.79. The molecule has 0 bridgehead atoms. The van der Waals surface area contributed by atoms with E-state index in [0.29, 0.717) is 36.4 Å². The number of hydrogen-bond donors (Lipinski definition) is 3. The Morgan fingerprint density at radius 2 is 2.00 bits per heavy atom. The van der Waals surface area contributed by atoms with Gasteiger partial charge < -0.3 is 24.8 Å². The third-order valence-electron chi connectivity index (χ3n) is 6.46. The van der Waals surface area contributed by atoms with Crippen LogP contribution < -0.4 is 5.32 Å². The molecule has 1 aromatic carbocycles. The van der Waals surface area contributed by atoms with Crippen molar-refractivity contribution in [2.24, 2.45) is 0 Å². The molecule has 10 heteroatoms. The van der Waals surface area contributed by atoms with Crippen LogP contribution in [0.1, 0.15) is 51.0 Å². The molecule has 33 heavy (non-hydrogen) atoms. The Morgan fingerprint density at radius 3 is 2.73 bits per heavy atom. The lowest BCUT2D eigenvalue weighted by molar-refractivity contribution is -0.0136. The van der Waals surface area contributed by atoms with Gasteiger partial charge in [0.05, 0.1) is 30.5 Å². The summed E-state index contributed by atoms with van der Waals surface area (Å²) >= 11 is 0. The zero-order chi connectivity index (χ0) is 23.5. The molecule has 5 rings (SSSR count). The molecule has 0 unspecified atom stereocenters. The first kappa shape index (κ1) is 22.1. The van der Waals surface area contributed by atoms with Gasteiger partial charge in [-0.3, -0.25) is 0 Å². The van der Waals surface area contributed by atoms with Crippen LogP contribution in [0.25, 0.3) is 22.3 Å². The van der Waals surface area contributed by atoms with Gasteiger partial charge in [0.15, 0.2) is 11.6 Å². The second-order valence-electron chi connectivity index (χ2n) is 9.41. The minimum Gasteiger partial charge on any atom is -0.389 e. The summed E-state index contributed by atoms with van der Waals surface area (Å²) in [6.45, 7) is 5.91. The number of nitrogens with one attached hydrogen (secondary N) is 1. The SMILES string of the molecule is C[C@H]1CCc2c(-c3nc(N[C@@H]4CCOC[C@H]4O)ncc3F)cc(F)c3nc(C(C)(C)O)n1c23. The largest absolute Gasteiger partial charge is 0.389 e. The number of anilines is 1. The van der Waals surface area contributed by atoms with Crippen LogP contribution in [0.5, 0.6) is 0 Å². The van der Waals surface area contributed by atoms with Crippen molar-refractivity contribution in [1.82, 2.24) is 19.5 Å². The molecule has 2 aromatic heterocycles. The maximum Gasteiger partial charge on any atom is 0.223 e. The van der Waals surface area contributed by atoms with E-state index in [9.17, 15) is 14.6 Å². The monoisotopic (exact) mass is 459 g/mol. The van der Waals surface area contributed by atoms with Crippen LogP contribution >= 0.6 is 0 Å². The van der Waals surface area contributed by atoms with Gasteiger partial charge in [0.2, 0.25) is 5.95 Å². The Balaban J connectivity index is 1.65. The third kappa shape index (κ3) is 3.75.